The normalized spacial score (nSPS) is 18.6. The molecule has 1 amide bonds. The van der Waals surface area contributed by atoms with E-state index < -0.39 is 16.1 Å². The fourth-order valence-corrected chi connectivity index (χ4v) is 5.66. The highest BCUT2D eigenvalue weighted by atomic mass is 32.2. The summed E-state index contributed by atoms with van der Waals surface area (Å²) in [7, 11) is -3.69. The van der Waals surface area contributed by atoms with Crippen LogP contribution in [0.1, 0.15) is 49.7 Å². The Kier molecular flexibility index (Phi) is 6.29. The molecule has 2 heterocycles. The van der Waals surface area contributed by atoms with Gasteiger partial charge in [-0.3, -0.25) is 4.79 Å². The molecule has 8 heteroatoms. The van der Waals surface area contributed by atoms with Gasteiger partial charge in [0.05, 0.1) is 22.1 Å². The average molecular weight is 408 g/mol. The molecular weight excluding hydrogens is 382 g/mol. The number of nitrogens with one attached hydrogen (secondary N) is 1. The van der Waals surface area contributed by atoms with Crippen molar-refractivity contribution in [1.82, 2.24) is 14.6 Å². The Morgan fingerprint density at radius 1 is 1.30 bits per heavy atom. The fourth-order valence-electron chi connectivity index (χ4n) is 3.15. The molecule has 1 aliphatic heterocycles. The summed E-state index contributed by atoms with van der Waals surface area (Å²) in [4.78, 5) is 17.5. The quantitative estimate of drug-likeness (QED) is 0.798. The van der Waals surface area contributed by atoms with Gasteiger partial charge in [-0.15, -0.1) is 11.3 Å². The third-order valence-corrected chi connectivity index (χ3v) is 7.73. The first kappa shape index (κ1) is 20.0. The lowest BCUT2D eigenvalue weighted by atomic mass is 10.0. The lowest BCUT2D eigenvalue weighted by molar-refractivity contribution is -0.125. The summed E-state index contributed by atoms with van der Waals surface area (Å²) in [5, 5.41) is 5.85. The van der Waals surface area contributed by atoms with Gasteiger partial charge in [0.15, 0.2) is 0 Å². The van der Waals surface area contributed by atoms with E-state index in [0.29, 0.717) is 25.4 Å². The summed E-state index contributed by atoms with van der Waals surface area (Å²) in [6, 6.07) is 7.63. The van der Waals surface area contributed by atoms with Crippen LogP contribution < -0.4 is 5.32 Å². The molecule has 2 aromatic rings. The molecule has 1 aromatic carbocycles. The molecule has 1 fully saturated rings. The number of hydrogen-bond acceptors (Lipinski definition) is 5. The van der Waals surface area contributed by atoms with Gasteiger partial charge in [-0.1, -0.05) is 38.5 Å². The lowest BCUT2D eigenvalue weighted by Crippen LogP contribution is -2.51. The Bertz CT molecular complexity index is 879. The maximum Gasteiger partial charge on any atom is 0.243 e. The number of thiazole rings is 1. The zero-order chi connectivity index (χ0) is 19.4. The van der Waals surface area contributed by atoms with Crippen LogP contribution >= 0.6 is 11.3 Å². The highest BCUT2D eigenvalue weighted by Gasteiger charge is 2.37. The maximum absolute atomic E-state index is 13.0. The number of carbonyl (C=O) groups excluding carboxylic acids is 1. The molecule has 6 nitrogen and oxygen atoms in total. The molecule has 1 unspecified atom stereocenters. The average Bonchev–Trinajstić information content (AvgIpc) is 3.16. The van der Waals surface area contributed by atoms with Crippen molar-refractivity contribution in [2.45, 2.75) is 56.5 Å². The first-order valence-corrected chi connectivity index (χ1v) is 11.5. The predicted molar refractivity (Wildman–Crippen MR) is 106 cm³/mol. The molecule has 1 aliphatic rings. The van der Waals surface area contributed by atoms with Crippen molar-refractivity contribution in [3.05, 3.63) is 46.4 Å². The standard InChI is InChI=1S/C19H25N3O3S2/c1-14(2)19-21-15(13-26-19)12-20-18(23)17-10-6-7-11-22(17)27(24,25)16-8-4-3-5-9-16/h3-5,8-9,13-14,17H,6-7,10-12H2,1-2H3,(H,20,23). The van der Waals surface area contributed by atoms with Crippen LogP contribution in [0.3, 0.4) is 0 Å². The third-order valence-electron chi connectivity index (χ3n) is 4.61. The topological polar surface area (TPSA) is 79.4 Å². The molecular formula is C19H25N3O3S2. The van der Waals surface area contributed by atoms with Crippen LogP contribution in [0.2, 0.25) is 0 Å². The minimum atomic E-state index is -3.69. The molecule has 1 atom stereocenters. The van der Waals surface area contributed by atoms with Crippen molar-refractivity contribution in [3.8, 4) is 0 Å². The summed E-state index contributed by atoms with van der Waals surface area (Å²) in [6.45, 7) is 4.84. The summed E-state index contributed by atoms with van der Waals surface area (Å²) < 4.78 is 27.3. The molecule has 1 aromatic heterocycles. The van der Waals surface area contributed by atoms with Gasteiger partial charge in [-0.05, 0) is 25.0 Å². The van der Waals surface area contributed by atoms with Gasteiger partial charge in [0.2, 0.25) is 15.9 Å². The van der Waals surface area contributed by atoms with Gasteiger partial charge in [0.25, 0.3) is 0 Å². The number of benzene rings is 1. The van der Waals surface area contributed by atoms with Crippen molar-refractivity contribution in [1.29, 1.82) is 0 Å². The van der Waals surface area contributed by atoms with Crippen molar-refractivity contribution < 1.29 is 13.2 Å². The maximum atomic E-state index is 13.0. The number of carbonyl (C=O) groups is 1. The fraction of sp³-hybridized carbons (Fsp3) is 0.474. The van der Waals surface area contributed by atoms with Gasteiger partial charge in [-0.25, -0.2) is 13.4 Å². The van der Waals surface area contributed by atoms with Crippen molar-refractivity contribution >= 4 is 27.3 Å². The number of rotatable bonds is 6. The number of aromatic nitrogens is 1. The molecule has 3 rings (SSSR count). The first-order valence-electron chi connectivity index (χ1n) is 9.18. The van der Waals surface area contributed by atoms with Crippen molar-refractivity contribution in [3.63, 3.8) is 0 Å². The second-order valence-corrected chi connectivity index (χ2v) is 9.77. The van der Waals surface area contributed by atoms with Gasteiger partial charge < -0.3 is 5.32 Å². The number of piperidine rings is 1. The molecule has 0 spiro atoms. The van der Waals surface area contributed by atoms with Crippen LogP contribution in [0.15, 0.2) is 40.6 Å². The monoisotopic (exact) mass is 407 g/mol. The van der Waals surface area contributed by atoms with E-state index in [9.17, 15) is 13.2 Å². The van der Waals surface area contributed by atoms with E-state index in [2.05, 4.69) is 24.1 Å². The second kappa shape index (κ2) is 8.50. The Labute approximate surface area is 164 Å². The molecule has 1 saturated heterocycles. The summed E-state index contributed by atoms with van der Waals surface area (Å²) in [5.74, 6) is 0.0950. The minimum Gasteiger partial charge on any atom is -0.349 e. The molecule has 27 heavy (non-hydrogen) atoms. The van der Waals surface area contributed by atoms with Crippen LogP contribution in [0.4, 0.5) is 0 Å². The van der Waals surface area contributed by atoms with E-state index in [1.54, 1.807) is 41.7 Å². The van der Waals surface area contributed by atoms with E-state index >= 15 is 0 Å². The number of sulfonamides is 1. The van der Waals surface area contributed by atoms with Crippen LogP contribution in [-0.4, -0.2) is 36.2 Å². The van der Waals surface area contributed by atoms with Crippen LogP contribution in [0.25, 0.3) is 0 Å². The van der Waals surface area contributed by atoms with E-state index in [-0.39, 0.29) is 10.8 Å². The SMILES string of the molecule is CC(C)c1nc(CNC(=O)C2CCCCN2S(=O)(=O)c2ccccc2)cs1. The van der Waals surface area contributed by atoms with E-state index in [1.165, 1.54) is 4.31 Å². The van der Waals surface area contributed by atoms with Crippen LogP contribution in [-0.2, 0) is 21.4 Å². The number of amides is 1. The highest BCUT2D eigenvalue weighted by Crippen LogP contribution is 2.25. The van der Waals surface area contributed by atoms with E-state index in [1.807, 2.05) is 5.38 Å². The molecule has 0 saturated carbocycles. The van der Waals surface area contributed by atoms with Gasteiger partial charge in [0.1, 0.15) is 6.04 Å². The molecule has 0 aliphatic carbocycles. The Morgan fingerprint density at radius 2 is 2.04 bits per heavy atom. The van der Waals surface area contributed by atoms with Crippen molar-refractivity contribution in [2.75, 3.05) is 6.54 Å². The predicted octanol–water partition coefficient (Wildman–Crippen LogP) is 3.13. The number of hydrogen-bond donors (Lipinski definition) is 1. The summed E-state index contributed by atoms with van der Waals surface area (Å²) in [5.41, 5.74) is 0.810. The molecule has 0 bridgehead atoms. The zero-order valence-corrected chi connectivity index (χ0v) is 17.2. The van der Waals surface area contributed by atoms with Gasteiger partial charge in [-0.2, -0.15) is 4.31 Å². The minimum absolute atomic E-state index is 0.228. The summed E-state index contributed by atoms with van der Waals surface area (Å²) >= 11 is 1.58. The zero-order valence-electron chi connectivity index (χ0n) is 15.6. The van der Waals surface area contributed by atoms with Crippen molar-refractivity contribution in [2.24, 2.45) is 0 Å². The molecule has 1 N–H and O–H groups in total. The largest absolute Gasteiger partial charge is 0.349 e. The molecule has 146 valence electrons. The highest BCUT2D eigenvalue weighted by molar-refractivity contribution is 7.89. The first-order chi connectivity index (χ1) is 12.9. The van der Waals surface area contributed by atoms with Gasteiger partial charge >= 0.3 is 0 Å². The van der Waals surface area contributed by atoms with Gasteiger partial charge in [0, 0.05) is 17.8 Å². The van der Waals surface area contributed by atoms with Crippen LogP contribution in [0, 0.1) is 0 Å². The Balaban J connectivity index is 1.71. The van der Waals surface area contributed by atoms with Crippen LogP contribution in [0.5, 0.6) is 0 Å². The Hall–Kier alpha value is -1.77. The Morgan fingerprint density at radius 3 is 2.70 bits per heavy atom. The smallest absolute Gasteiger partial charge is 0.243 e. The second-order valence-electron chi connectivity index (χ2n) is 6.99. The third kappa shape index (κ3) is 4.56. The lowest BCUT2D eigenvalue weighted by Gasteiger charge is -2.33. The van der Waals surface area contributed by atoms with E-state index in [4.69, 9.17) is 0 Å². The summed E-state index contributed by atoms with van der Waals surface area (Å²) in [6.07, 6.45) is 2.14. The molecule has 0 radical (unpaired) electrons. The van der Waals surface area contributed by atoms with E-state index in [0.717, 1.165) is 23.5 Å². The number of nitrogens with zero attached hydrogens (tertiary/aromatic N) is 2.